The van der Waals surface area contributed by atoms with E-state index in [4.69, 9.17) is 0 Å². The predicted molar refractivity (Wildman–Crippen MR) is 157 cm³/mol. The number of pyridine rings is 1. The van der Waals surface area contributed by atoms with Gasteiger partial charge in [-0.25, -0.2) is 4.98 Å². The van der Waals surface area contributed by atoms with Gasteiger partial charge in [-0.2, -0.15) is 0 Å². The van der Waals surface area contributed by atoms with Crippen molar-refractivity contribution in [3.05, 3.63) is 101 Å². The number of fused-ring (bicyclic) bond motifs is 1. The molecule has 200 valence electrons. The van der Waals surface area contributed by atoms with Gasteiger partial charge in [0.1, 0.15) is 5.82 Å². The van der Waals surface area contributed by atoms with Crippen LogP contribution in [0, 0.1) is 18.8 Å². The quantitative estimate of drug-likeness (QED) is 0.246. The zero-order chi connectivity index (χ0) is 26.9. The molecular weight excluding hydrogens is 472 g/mol. The summed E-state index contributed by atoms with van der Waals surface area (Å²) in [5, 5.41) is 12.9. The summed E-state index contributed by atoms with van der Waals surface area (Å²) >= 11 is 0. The summed E-state index contributed by atoms with van der Waals surface area (Å²) in [6.45, 7) is 16.2. The number of anilines is 2. The van der Waals surface area contributed by atoms with Crippen molar-refractivity contribution in [1.29, 1.82) is 0 Å². The number of amides is 1. The van der Waals surface area contributed by atoms with Gasteiger partial charge in [-0.15, -0.1) is 0 Å². The molecule has 0 radical (unpaired) electrons. The highest BCUT2D eigenvalue weighted by molar-refractivity contribution is 5.57. The summed E-state index contributed by atoms with van der Waals surface area (Å²) in [7, 11) is 0. The third kappa shape index (κ3) is 7.66. The Morgan fingerprint density at radius 1 is 1.11 bits per heavy atom. The molecule has 38 heavy (non-hydrogen) atoms. The number of likely N-dealkylation sites (tertiary alicyclic amines) is 1. The van der Waals surface area contributed by atoms with Crippen molar-refractivity contribution in [3.8, 4) is 0 Å². The molecule has 2 atom stereocenters. The lowest BCUT2D eigenvalue weighted by Gasteiger charge is -2.17. The van der Waals surface area contributed by atoms with E-state index in [1.54, 1.807) is 6.20 Å². The molecule has 2 unspecified atom stereocenters. The Kier molecular flexibility index (Phi) is 9.51. The first-order valence-electron chi connectivity index (χ1n) is 13.3. The SMILES string of the molecule is C=C(Nc1ccc(CCN2CC3CNCC3C2)cc1)/C(C)=C(/C=C\NC=O)\C=C(/C)Nc1ccc(C)cn1. The van der Waals surface area contributed by atoms with E-state index in [2.05, 4.69) is 62.0 Å². The van der Waals surface area contributed by atoms with E-state index in [0.29, 0.717) is 6.41 Å². The van der Waals surface area contributed by atoms with Gasteiger partial charge in [-0.05, 0) is 105 Å². The molecule has 0 bridgehead atoms. The molecule has 1 amide bonds. The summed E-state index contributed by atoms with van der Waals surface area (Å²) in [6, 6.07) is 12.6. The first kappa shape index (κ1) is 27.4. The molecule has 2 aliphatic heterocycles. The van der Waals surface area contributed by atoms with Crippen molar-refractivity contribution in [1.82, 2.24) is 20.5 Å². The van der Waals surface area contributed by atoms with Crippen LogP contribution in [0.15, 0.2) is 90.1 Å². The van der Waals surface area contributed by atoms with E-state index in [1.807, 2.05) is 51.3 Å². The second-order valence-electron chi connectivity index (χ2n) is 10.4. The molecule has 2 fully saturated rings. The third-order valence-electron chi connectivity index (χ3n) is 7.35. The predicted octanol–water partition coefficient (Wildman–Crippen LogP) is 4.60. The van der Waals surface area contributed by atoms with E-state index >= 15 is 0 Å². The van der Waals surface area contributed by atoms with Crippen molar-refractivity contribution in [2.45, 2.75) is 27.2 Å². The lowest BCUT2D eigenvalue weighted by Crippen LogP contribution is -2.27. The molecule has 1 aromatic carbocycles. The molecule has 2 aromatic rings. The van der Waals surface area contributed by atoms with Gasteiger partial charge in [0, 0.05) is 49.1 Å². The molecule has 7 heteroatoms. The van der Waals surface area contributed by atoms with Gasteiger partial charge in [0.2, 0.25) is 6.41 Å². The van der Waals surface area contributed by atoms with Gasteiger partial charge in [0.15, 0.2) is 0 Å². The number of nitrogens with zero attached hydrogens (tertiary/aromatic N) is 2. The topological polar surface area (TPSA) is 81.3 Å². The number of aryl methyl sites for hydroxylation is 1. The van der Waals surface area contributed by atoms with E-state index in [0.717, 1.165) is 64.4 Å². The van der Waals surface area contributed by atoms with Crippen LogP contribution in [-0.4, -0.2) is 49.0 Å². The number of aromatic nitrogens is 1. The van der Waals surface area contributed by atoms with E-state index in [9.17, 15) is 4.79 Å². The van der Waals surface area contributed by atoms with Crippen LogP contribution >= 0.6 is 0 Å². The van der Waals surface area contributed by atoms with Crippen molar-refractivity contribution < 1.29 is 4.79 Å². The third-order valence-corrected chi connectivity index (χ3v) is 7.35. The van der Waals surface area contributed by atoms with Crippen LogP contribution in [0.25, 0.3) is 0 Å². The molecular formula is C31H40N6O. The maximum Gasteiger partial charge on any atom is 0.211 e. The van der Waals surface area contributed by atoms with E-state index < -0.39 is 0 Å². The lowest BCUT2D eigenvalue weighted by molar-refractivity contribution is -0.108. The Bertz CT molecular complexity index is 1180. The lowest BCUT2D eigenvalue weighted by atomic mass is 10.0. The fourth-order valence-electron chi connectivity index (χ4n) is 5.09. The maximum absolute atomic E-state index is 10.8. The Labute approximate surface area is 226 Å². The van der Waals surface area contributed by atoms with Crippen molar-refractivity contribution in [2.24, 2.45) is 11.8 Å². The van der Waals surface area contributed by atoms with Crippen LogP contribution in [0.4, 0.5) is 11.5 Å². The standard InChI is InChI=1S/C31H40N6O/c1-22-5-10-31(34-16-22)35-23(2)15-27(11-13-32-21-38)24(3)25(4)36-30-8-6-26(7-9-30)12-14-37-19-28-17-33-18-29(28)20-37/h5-11,13,15-16,21,28-29,33,36H,4,12,14,17-20H2,1-3H3,(H,32,38)(H,34,35)/b13-11-,23-15+,27-24-. The molecule has 4 N–H and O–H groups in total. The minimum atomic E-state index is 0.649. The maximum atomic E-state index is 10.8. The highest BCUT2D eigenvalue weighted by atomic mass is 16.1. The first-order valence-corrected chi connectivity index (χ1v) is 13.3. The number of rotatable bonds is 12. The second kappa shape index (κ2) is 13.2. The largest absolute Gasteiger partial charge is 0.356 e. The first-order chi connectivity index (χ1) is 18.4. The summed E-state index contributed by atoms with van der Waals surface area (Å²) in [6.07, 6.45) is 9.03. The zero-order valence-corrected chi connectivity index (χ0v) is 22.8. The van der Waals surface area contributed by atoms with Gasteiger partial charge in [-0.3, -0.25) is 4.79 Å². The minimum absolute atomic E-state index is 0.649. The monoisotopic (exact) mass is 512 g/mol. The van der Waals surface area contributed by atoms with Gasteiger partial charge in [-0.1, -0.05) is 24.8 Å². The van der Waals surface area contributed by atoms with E-state index in [-0.39, 0.29) is 0 Å². The summed E-state index contributed by atoms with van der Waals surface area (Å²) < 4.78 is 0. The number of nitrogens with one attached hydrogen (secondary N) is 4. The molecule has 2 saturated heterocycles. The molecule has 0 saturated carbocycles. The van der Waals surface area contributed by atoms with Gasteiger partial charge in [0.05, 0.1) is 0 Å². The fraction of sp³-hybridized carbons (Fsp3) is 0.355. The summed E-state index contributed by atoms with van der Waals surface area (Å²) in [5.41, 5.74) is 7.04. The number of allylic oxidation sites excluding steroid dienone is 5. The van der Waals surface area contributed by atoms with Gasteiger partial charge >= 0.3 is 0 Å². The molecule has 1 aromatic heterocycles. The van der Waals surface area contributed by atoms with Crippen LogP contribution in [0.3, 0.4) is 0 Å². The van der Waals surface area contributed by atoms with Crippen LogP contribution in [0.2, 0.25) is 0 Å². The smallest absolute Gasteiger partial charge is 0.211 e. The zero-order valence-electron chi connectivity index (χ0n) is 22.8. The molecule has 0 aliphatic carbocycles. The fourth-order valence-corrected chi connectivity index (χ4v) is 5.09. The number of hydrogen-bond donors (Lipinski definition) is 4. The average Bonchev–Trinajstić information content (AvgIpc) is 3.51. The molecule has 3 heterocycles. The van der Waals surface area contributed by atoms with Gasteiger partial charge < -0.3 is 26.2 Å². The Balaban J connectivity index is 1.37. The number of carbonyl (C=O) groups excluding carboxylic acids is 1. The number of carbonyl (C=O) groups is 1. The van der Waals surface area contributed by atoms with Crippen molar-refractivity contribution >= 4 is 17.9 Å². The number of hydrogen-bond acceptors (Lipinski definition) is 6. The number of benzene rings is 1. The van der Waals surface area contributed by atoms with Crippen LogP contribution in [-0.2, 0) is 11.2 Å². The minimum Gasteiger partial charge on any atom is -0.356 e. The molecule has 4 rings (SSSR count). The van der Waals surface area contributed by atoms with Crippen LogP contribution < -0.4 is 21.3 Å². The Morgan fingerprint density at radius 3 is 2.50 bits per heavy atom. The van der Waals surface area contributed by atoms with Crippen molar-refractivity contribution in [3.63, 3.8) is 0 Å². The summed E-state index contributed by atoms with van der Waals surface area (Å²) in [4.78, 5) is 17.8. The normalized spacial score (nSPS) is 20.2. The average molecular weight is 513 g/mol. The van der Waals surface area contributed by atoms with Crippen molar-refractivity contribution in [2.75, 3.05) is 43.4 Å². The van der Waals surface area contributed by atoms with E-state index in [1.165, 1.54) is 31.7 Å². The second-order valence-corrected chi connectivity index (χ2v) is 10.4. The molecule has 0 spiro atoms. The highest BCUT2D eigenvalue weighted by Crippen LogP contribution is 2.26. The highest BCUT2D eigenvalue weighted by Gasteiger charge is 2.35. The Hall–Kier alpha value is -3.68. The Morgan fingerprint density at radius 2 is 1.84 bits per heavy atom. The molecule has 2 aliphatic rings. The van der Waals surface area contributed by atoms with Crippen LogP contribution in [0.5, 0.6) is 0 Å². The van der Waals surface area contributed by atoms with Gasteiger partial charge in [0.25, 0.3) is 0 Å². The molecule has 7 nitrogen and oxygen atoms in total. The van der Waals surface area contributed by atoms with Crippen LogP contribution in [0.1, 0.15) is 25.0 Å². The summed E-state index contributed by atoms with van der Waals surface area (Å²) in [5.74, 6) is 2.45.